The van der Waals surface area contributed by atoms with Crippen LogP contribution < -0.4 is 10.6 Å². The molecule has 0 saturated heterocycles. The van der Waals surface area contributed by atoms with Crippen LogP contribution in [-0.2, 0) is 9.53 Å². The number of carbonyl (C=O) groups is 1. The normalized spacial score (nSPS) is 36.1. The molecule has 4 aliphatic rings. The molecule has 3 unspecified atom stereocenters. The fourth-order valence-corrected chi connectivity index (χ4v) is 5.10. The van der Waals surface area contributed by atoms with E-state index in [0.29, 0.717) is 25.5 Å². The maximum atomic E-state index is 12.8. The summed E-state index contributed by atoms with van der Waals surface area (Å²) < 4.78 is 44.5. The van der Waals surface area contributed by atoms with Crippen LogP contribution in [0.15, 0.2) is 11.9 Å². The highest BCUT2D eigenvalue weighted by molar-refractivity contribution is 5.81. The summed E-state index contributed by atoms with van der Waals surface area (Å²) in [5.41, 5.74) is 0.987. The average Bonchev–Trinajstić information content (AvgIpc) is 3.00. The molecule has 158 valence electrons. The Bertz CT molecular complexity index is 595. The molecule has 7 heteroatoms. The molecule has 3 aliphatic carbocycles. The van der Waals surface area contributed by atoms with Gasteiger partial charge in [-0.3, -0.25) is 4.79 Å². The molecule has 28 heavy (non-hydrogen) atoms. The highest BCUT2D eigenvalue weighted by atomic mass is 19.4. The molecule has 0 aromatic heterocycles. The molecule has 1 heterocycles. The van der Waals surface area contributed by atoms with Gasteiger partial charge in [-0.1, -0.05) is 6.42 Å². The first-order chi connectivity index (χ1) is 13.4. The van der Waals surface area contributed by atoms with Gasteiger partial charge in [0.05, 0.1) is 12.0 Å². The van der Waals surface area contributed by atoms with Gasteiger partial charge >= 0.3 is 6.18 Å². The summed E-state index contributed by atoms with van der Waals surface area (Å²) in [4.78, 5) is 12.3. The molecule has 3 fully saturated rings. The number of ether oxygens (including phenoxy) is 1. The summed E-state index contributed by atoms with van der Waals surface area (Å²) >= 11 is 0. The van der Waals surface area contributed by atoms with Crippen LogP contribution in [0.25, 0.3) is 0 Å². The Hall–Kier alpha value is -1.24. The van der Waals surface area contributed by atoms with Crippen molar-refractivity contribution in [3.63, 3.8) is 0 Å². The molecule has 4 rings (SSSR count). The number of rotatable bonds is 5. The molecule has 4 nitrogen and oxygen atoms in total. The Balaban J connectivity index is 1.22. The fraction of sp³-hybridized carbons (Fsp3) is 0.857. The van der Waals surface area contributed by atoms with E-state index in [1.807, 2.05) is 6.20 Å². The first kappa shape index (κ1) is 20.0. The lowest BCUT2D eigenvalue weighted by atomic mass is 9.81. The van der Waals surface area contributed by atoms with Crippen LogP contribution in [-0.4, -0.2) is 30.8 Å². The van der Waals surface area contributed by atoms with E-state index >= 15 is 0 Å². The Morgan fingerprint density at radius 3 is 2.50 bits per heavy atom. The first-order valence-electron chi connectivity index (χ1n) is 10.9. The maximum Gasteiger partial charge on any atom is 0.391 e. The number of hydrogen-bond acceptors (Lipinski definition) is 3. The predicted octanol–water partition coefficient (Wildman–Crippen LogP) is 4.27. The quantitative estimate of drug-likeness (QED) is 0.725. The molecular formula is C21H31F3N2O2. The van der Waals surface area contributed by atoms with Gasteiger partial charge in [0, 0.05) is 36.4 Å². The molecule has 0 bridgehead atoms. The van der Waals surface area contributed by atoms with E-state index in [9.17, 15) is 18.0 Å². The van der Waals surface area contributed by atoms with Gasteiger partial charge in [0.2, 0.25) is 5.91 Å². The number of amides is 1. The molecule has 0 spiro atoms. The van der Waals surface area contributed by atoms with E-state index in [1.165, 1.54) is 0 Å². The molecule has 1 aliphatic heterocycles. The van der Waals surface area contributed by atoms with Crippen LogP contribution in [0.5, 0.6) is 0 Å². The molecule has 0 aromatic carbocycles. The topological polar surface area (TPSA) is 50.4 Å². The van der Waals surface area contributed by atoms with Crippen LogP contribution in [0.1, 0.15) is 64.2 Å². The molecule has 0 aromatic rings. The minimum atomic E-state index is -4.05. The Labute approximate surface area is 164 Å². The summed E-state index contributed by atoms with van der Waals surface area (Å²) in [5, 5.41) is 6.52. The summed E-state index contributed by atoms with van der Waals surface area (Å²) in [6.07, 6.45) is 5.65. The van der Waals surface area contributed by atoms with E-state index in [0.717, 1.165) is 44.2 Å². The van der Waals surface area contributed by atoms with Crippen molar-refractivity contribution >= 4 is 5.91 Å². The van der Waals surface area contributed by atoms with Gasteiger partial charge in [-0.25, -0.2) is 0 Å². The second kappa shape index (κ2) is 8.25. The Morgan fingerprint density at radius 2 is 1.86 bits per heavy atom. The van der Waals surface area contributed by atoms with E-state index in [4.69, 9.17) is 4.74 Å². The Kier molecular flexibility index (Phi) is 5.91. The number of fused-ring (bicyclic) bond motifs is 1. The first-order valence-corrected chi connectivity index (χ1v) is 10.9. The van der Waals surface area contributed by atoms with Crippen LogP contribution in [0.2, 0.25) is 0 Å². The third kappa shape index (κ3) is 4.50. The third-order valence-corrected chi connectivity index (χ3v) is 7.28. The lowest BCUT2D eigenvalue weighted by molar-refractivity contribution is -0.185. The van der Waals surface area contributed by atoms with E-state index in [-0.39, 0.29) is 42.6 Å². The summed E-state index contributed by atoms with van der Waals surface area (Å²) in [5.74, 6) is -0.308. The smallest absolute Gasteiger partial charge is 0.386 e. The number of nitrogens with one attached hydrogen (secondary N) is 2. The van der Waals surface area contributed by atoms with E-state index < -0.39 is 12.1 Å². The number of halogens is 3. The van der Waals surface area contributed by atoms with Gasteiger partial charge in [0.1, 0.15) is 0 Å². The second-order valence-electron chi connectivity index (χ2n) is 9.12. The van der Waals surface area contributed by atoms with Crippen molar-refractivity contribution in [2.24, 2.45) is 23.7 Å². The van der Waals surface area contributed by atoms with E-state index in [1.54, 1.807) is 0 Å². The lowest BCUT2D eigenvalue weighted by Crippen LogP contribution is -2.41. The highest BCUT2D eigenvalue weighted by Crippen LogP contribution is 2.40. The predicted molar refractivity (Wildman–Crippen MR) is 99.1 cm³/mol. The van der Waals surface area contributed by atoms with Crippen molar-refractivity contribution < 1.29 is 22.7 Å². The van der Waals surface area contributed by atoms with Crippen molar-refractivity contribution in [2.45, 2.75) is 82.5 Å². The van der Waals surface area contributed by atoms with Crippen molar-refractivity contribution in [3.05, 3.63) is 11.9 Å². The monoisotopic (exact) mass is 400 g/mol. The average molecular weight is 400 g/mol. The maximum absolute atomic E-state index is 12.8. The zero-order valence-electron chi connectivity index (χ0n) is 16.3. The van der Waals surface area contributed by atoms with Crippen LogP contribution in [0.3, 0.4) is 0 Å². The fourth-order valence-electron chi connectivity index (χ4n) is 5.10. The second-order valence-corrected chi connectivity index (χ2v) is 9.12. The summed E-state index contributed by atoms with van der Waals surface area (Å²) in [7, 11) is 0. The van der Waals surface area contributed by atoms with Gasteiger partial charge in [0.25, 0.3) is 0 Å². The van der Waals surface area contributed by atoms with Crippen molar-refractivity contribution in [1.82, 2.24) is 10.6 Å². The summed E-state index contributed by atoms with van der Waals surface area (Å²) in [6.45, 7) is 0.563. The van der Waals surface area contributed by atoms with Gasteiger partial charge in [-0.2, -0.15) is 13.2 Å². The molecular weight excluding hydrogens is 369 g/mol. The minimum absolute atomic E-state index is 0.130. The van der Waals surface area contributed by atoms with Gasteiger partial charge < -0.3 is 15.4 Å². The van der Waals surface area contributed by atoms with Crippen molar-refractivity contribution in [3.8, 4) is 0 Å². The SMILES string of the molecule is O=C(NC1=CNC2CCC(OCC3CCC(C(F)(F)F)CC3)CC12)C1CCC1. The zero-order chi connectivity index (χ0) is 19.7. The largest absolute Gasteiger partial charge is 0.391 e. The third-order valence-electron chi connectivity index (χ3n) is 7.28. The van der Waals surface area contributed by atoms with Crippen molar-refractivity contribution in [2.75, 3.05) is 6.61 Å². The lowest BCUT2D eigenvalue weighted by Gasteiger charge is -2.35. The molecule has 0 radical (unpaired) electrons. The highest BCUT2D eigenvalue weighted by Gasteiger charge is 2.42. The van der Waals surface area contributed by atoms with Crippen LogP contribution in [0.4, 0.5) is 13.2 Å². The molecule has 3 atom stereocenters. The van der Waals surface area contributed by atoms with Crippen LogP contribution >= 0.6 is 0 Å². The molecule has 1 amide bonds. The van der Waals surface area contributed by atoms with Crippen molar-refractivity contribution in [1.29, 1.82) is 0 Å². The van der Waals surface area contributed by atoms with Gasteiger partial charge in [-0.05, 0) is 63.7 Å². The van der Waals surface area contributed by atoms with Crippen LogP contribution in [0, 0.1) is 23.7 Å². The number of hydrogen-bond donors (Lipinski definition) is 2. The van der Waals surface area contributed by atoms with Gasteiger partial charge in [-0.15, -0.1) is 0 Å². The number of alkyl halides is 3. The van der Waals surface area contributed by atoms with E-state index in [2.05, 4.69) is 10.6 Å². The standard InChI is InChI=1S/C21H31F3N2O2/c22-21(23,24)15-6-4-13(5-7-15)12-28-16-8-9-18-17(10-16)19(11-25-18)26-20(27)14-2-1-3-14/h11,13-18,25H,1-10,12H2,(H,26,27). The minimum Gasteiger partial charge on any atom is -0.386 e. The molecule has 2 N–H and O–H groups in total. The van der Waals surface area contributed by atoms with Gasteiger partial charge in [0.15, 0.2) is 0 Å². The summed E-state index contributed by atoms with van der Waals surface area (Å²) in [6, 6.07) is 0.360. The number of carbonyl (C=O) groups excluding carboxylic acids is 1. The Morgan fingerprint density at radius 1 is 1.11 bits per heavy atom. The zero-order valence-corrected chi connectivity index (χ0v) is 16.3. The molecule has 3 saturated carbocycles.